The fourth-order valence-corrected chi connectivity index (χ4v) is 27.9. The summed E-state index contributed by atoms with van der Waals surface area (Å²) in [5.41, 5.74) is 12.2. The van der Waals surface area contributed by atoms with Crippen LogP contribution in [0, 0.1) is 115 Å². The summed E-state index contributed by atoms with van der Waals surface area (Å²) in [5, 5.41) is 10.2. The lowest BCUT2D eigenvalue weighted by molar-refractivity contribution is -0.188. The molecule has 1 N–H and O–H groups in total. The van der Waals surface area contributed by atoms with Crippen LogP contribution in [-0.2, 0) is 38.0 Å². The van der Waals surface area contributed by atoms with Crippen LogP contribution in [0.2, 0.25) is 0 Å². The summed E-state index contributed by atoms with van der Waals surface area (Å²) in [7, 11) is 0. The normalized spacial score (nSPS) is 43.3. The summed E-state index contributed by atoms with van der Waals surface area (Å²) in [6.45, 7) is 41.8. The van der Waals surface area contributed by atoms with Crippen LogP contribution in [0.25, 0.3) is 0 Å². The molecule has 0 amide bonds. The number of rotatable bonds is 24. The average molecular weight is 1500 g/mol. The standard InChI is InChI=1S/C37H56O4.C34H54O2.C29H44O3/c1-7-23-39-34(38)12-10-9-11-25(3)30-16-17-31-29-15-14-27-24-28(40-35-18-13-26(4)33(8-2)41-35)19-21-36(27,5)32(29)20-22-37(30,31)6;1-7-9-10-11-23(3)28-15-16-29-27-14-13-25-22-26(35-32-17-12-24(4)31(8-2)36-32)18-20-33(25,5)30(27)19-21-34(28,29)6;1-5-18-32-27(31)9-7-6-8-20(2)24-12-13-25-23-11-10-21-19-22(30)14-16-28(21,3)26(23)15-17-29(24,25)4/h7,11,13-14,18,26,28-33,35H,1,8-10,12,15-17,19-24H2,2-6H3;11-13,17,24,26-32H,7-10,14-16,18-22H2,1-6H3;5,8,10,22-26,30H,1,6-7,9,11-19H2,2-4H3/b25-11+;23-11+;20-8+/t26-,28-,29?,30+,31?,32?,33+,35?,36-,37+;24-,26-,27?,28+,29?,30?,31+,32?,33-,34+;22-,23?,24+,25?,26?,28-,29+/m000/s1. The molecule has 608 valence electrons. The van der Waals surface area contributed by atoms with Crippen LogP contribution in [0.3, 0.4) is 0 Å². The Labute approximate surface area is 664 Å². The molecule has 0 bridgehead atoms. The first kappa shape index (κ1) is 84.5. The van der Waals surface area contributed by atoms with Crippen LogP contribution in [0.4, 0.5) is 0 Å². The first-order valence-corrected chi connectivity index (χ1v) is 45.6. The molecule has 2 heterocycles. The molecule has 0 radical (unpaired) electrons. The van der Waals surface area contributed by atoms with E-state index in [0.29, 0.717) is 94.4 Å². The van der Waals surface area contributed by atoms with Crippen molar-refractivity contribution in [3.63, 3.8) is 0 Å². The molecule has 11 unspecified atom stereocenters. The van der Waals surface area contributed by atoms with Crippen molar-refractivity contribution >= 4 is 11.9 Å². The highest BCUT2D eigenvalue weighted by Crippen LogP contribution is 2.71. The van der Waals surface area contributed by atoms with Crippen molar-refractivity contribution in [3.05, 3.63) is 120 Å². The van der Waals surface area contributed by atoms with E-state index in [2.05, 4.69) is 171 Å². The predicted molar refractivity (Wildman–Crippen MR) is 447 cm³/mol. The molecule has 109 heavy (non-hydrogen) atoms. The second-order valence-electron chi connectivity index (χ2n) is 39.8. The molecule has 0 aromatic rings. The molecule has 2 aliphatic heterocycles. The average Bonchev–Trinajstić information content (AvgIpc) is 1.69. The Morgan fingerprint density at radius 3 is 1.18 bits per heavy atom. The number of unbranched alkanes of at least 4 members (excludes halogenated alkanes) is 4. The maximum absolute atomic E-state index is 11.8. The molecule has 0 spiro atoms. The summed E-state index contributed by atoms with van der Waals surface area (Å²) in [5.74, 6) is 10.5. The minimum atomic E-state index is -0.185. The van der Waals surface area contributed by atoms with Crippen molar-refractivity contribution in [2.45, 2.75) is 365 Å². The molecule has 0 aromatic carbocycles. The number of hydrogen-bond acceptors (Lipinski definition) is 9. The van der Waals surface area contributed by atoms with E-state index >= 15 is 0 Å². The Morgan fingerprint density at radius 2 is 0.826 bits per heavy atom. The predicted octanol–water partition coefficient (Wildman–Crippen LogP) is 25.3. The van der Waals surface area contributed by atoms with Crippen LogP contribution >= 0.6 is 0 Å². The van der Waals surface area contributed by atoms with Gasteiger partial charge in [-0.25, -0.2) is 0 Å². The lowest BCUT2D eigenvalue weighted by Gasteiger charge is -2.58. The molecule has 12 aliphatic carbocycles. The molecule has 9 nitrogen and oxygen atoms in total. The van der Waals surface area contributed by atoms with Crippen molar-refractivity contribution in [1.29, 1.82) is 0 Å². The number of esters is 2. The van der Waals surface area contributed by atoms with E-state index in [9.17, 15) is 14.7 Å². The summed E-state index contributed by atoms with van der Waals surface area (Å²) in [4.78, 5) is 23.5. The largest absolute Gasteiger partial charge is 0.461 e. The second-order valence-corrected chi connectivity index (χ2v) is 39.8. The van der Waals surface area contributed by atoms with Crippen molar-refractivity contribution in [3.8, 4) is 0 Å². The second kappa shape index (κ2) is 36.5. The van der Waals surface area contributed by atoms with Gasteiger partial charge in [-0.15, -0.1) is 0 Å². The smallest absolute Gasteiger partial charge is 0.306 e. The SMILES string of the molecule is C=CCOC(=O)CCC/C=C(\C)[C@H]1CCC2C3CC=C4C[C@@H](O)CC[C@]4(C)C3CC[C@@]21C.C=CCOC(=O)CCC/C=C(\C)[C@H]1CCC2C3CC=C4C[C@@H](OC5C=C[C@H](C)[C@@H](CC)O5)CC[C@]4(C)C3CC[C@@]21C.CCCC/C=C(\C)[C@H]1CCC2C3CC=C4C[C@@H](OC5C=C[C@H](C)[C@@H](CC)O5)CC[C@]4(C)C3CC[C@@]21C. The van der Waals surface area contributed by atoms with Gasteiger partial charge in [-0.3, -0.25) is 9.59 Å². The Hall–Kier alpha value is -3.86. The summed E-state index contributed by atoms with van der Waals surface area (Å²) >= 11 is 0. The third-order valence-corrected chi connectivity index (χ3v) is 34.1. The zero-order valence-corrected chi connectivity index (χ0v) is 71.3. The first-order valence-electron chi connectivity index (χ1n) is 45.6. The third kappa shape index (κ3) is 17.8. The molecular weight excluding hydrogens is 1350 g/mol. The number of carbonyl (C=O) groups excluding carboxylic acids is 2. The Balaban J connectivity index is 0.000000154. The molecule has 9 heteroatoms. The summed E-state index contributed by atoms with van der Waals surface area (Å²) in [6, 6.07) is 0. The van der Waals surface area contributed by atoms with Gasteiger partial charge in [0.1, 0.15) is 13.2 Å². The zero-order chi connectivity index (χ0) is 77.6. The van der Waals surface area contributed by atoms with E-state index in [1.807, 2.05) is 0 Å². The molecule has 14 aliphatic rings. The summed E-state index contributed by atoms with van der Waals surface area (Å²) < 4.78 is 35.9. The lowest BCUT2D eigenvalue weighted by atomic mass is 9.47. The Bertz CT molecular complexity index is 3380. The first-order chi connectivity index (χ1) is 52.3. The van der Waals surface area contributed by atoms with Gasteiger partial charge < -0.3 is 33.5 Å². The van der Waals surface area contributed by atoms with Crippen molar-refractivity contribution in [2.75, 3.05) is 13.2 Å². The molecule has 0 saturated heterocycles. The van der Waals surface area contributed by atoms with Crippen LogP contribution in [0.5, 0.6) is 0 Å². The fraction of sp³-hybridized carbons (Fsp3) is 0.780. The number of aliphatic hydroxyl groups excluding tert-OH is 1. The van der Waals surface area contributed by atoms with Crippen LogP contribution in [-0.4, -0.2) is 73.4 Å². The van der Waals surface area contributed by atoms with Gasteiger partial charge in [-0.2, -0.15) is 0 Å². The monoisotopic (exact) mass is 1500 g/mol. The van der Waals surface area contributed by atoms with Gasteiger partial charge in [0, 0.05) is 24.7 Å². The number of fused-ring (bicyclic) bond motifs is 15. The van der Waals surface area contributed by atoms with Gasteiger partial charge in [-0.05, 0) is 335 Å². The van der Waals surface area contributed by atoms with Gasteiger partial charge in [0.05, 0.1) is 30.5 Å². The van der Waals surface area contributed by atoms with E-state index in [1.165, 1.54) is 141 Å². The Kier molecular flexibility index (Phi) is 28.3. The number of carbonyl (C=O) groups is 2. The number of allylic oxidation sites excluding steroid dienone is 9. The van der Waals surface area contributed by atoms with Gasteiger partial charge in [0.2, 0.25) is 0 Å². The summed E-state index contributed by atoms with van der Waals surface area (Å²) in [6.07, 6.45) is 69.2. The molecule has 9 fully saturated rings. The van der Waals surface area contributed by atoms with Gasteiger partial charge in [0.15, 0.2) is 12.6 Å². The molecule has 14 rings (SSSR count). The van der Waals surface area contributed by atoms with Crippen LogP contribution in [0.15, 0.2) is 120 Å². The highest BCUT2D eigenvalue weighted by molar-refractivity contribution is 5.69. The topological polar surface area (TPSA) is 110 Å². The van der Waals surface area contributed by atoms with Crippen LogP contribution < -0.4 is 0 Å². The number of ether oxygens (including phenoxy) is 6. The maximum Gasteiger partial charge on any atom is 0.306 e. The number of hydrogen-bond donors (Lipinski definition) is 1. The van der Waals surface area contributed by atoms with Crippen LogP contribution in [0.1, 0.15) is 322 Å². The molecule has 27 atom stereocenters. The Morgan fingerprint density at radius 1 is 0.468 bits per heavy atom. The quantitative estimate of drug-likeness (QED) is 0.0574. The van der Waals surface area contributed by atoms with Gasteiger partial charge >= 0.3 is 11.9 Å². The highest BCUT2D eigenvalue weighted by Gasteiger charge is 2.62. The highest BCUT2D eigenvalue weighted by atomic mass is 16.7. The van der Waals surface area contributed by atoms with Gasteiger partial charge in [-0.1, -0.05) is 196 Å². The van der Waals surface area contributed by atoms with Crippen molar-refractivity contribution in [1.82, 2.24) is 0 Å². The van der Waals surface area contributed by atoms with E-state index in [0.717, 1.165) is 130 Å². The van der Waals surface area contributed by atoms with E-state index in [-0.39, 0.29) is 42.8 Å². The lowest BCUT2D eigenvalue weighted by Crippen LogP contribution is -2.50. The number of aliphatic hydroxyl groups is 1. The molecule has 0 aromatic heterocycles. The van der Waals surface area contributed by atoms with E-state index in [4.69, 9.17) is 28.4 Å². The minimum Gasteiger partial charge on any atom is -0.461 e. The van der Waals surface area contributed by atoms with Gasteiger partial charge in [0.25, 0.3) is 0 Å². The molecular formula is C100H154O9. The zero-order valence-electron chi connectivity index (χ0n) is 71.3. The van der Waals surface area contributed by atoms with Crippen molar-refractivity contribution in [2.24, 2.45) is 115 Å². The van der Waals surface area contributed by atoms with E-state index < -0.39 is 0 Å². The molecule has 9 saturated carbocycles. The van der Waals surface area contributed by atoms with Crippen molar-refractivity contribution < 1.29 is 43.1 Å². The van der Waals surface area contributed by atoms with E-state index in [1.54, 1.807) is 45.6 Å². The minimum absolute atomic E-state index is 0.111. The fourth-order valence-electron chi connectivity index (χ4n) is 27.9. The maximum atomic E-state index is 11.8. The third-order valence-electron chi connectivity index (χ3n) is 34.1.